The first-order valence-electron chi connectivity index (χ1n) is 5.24. The van der Waals surface area contributed by atoms with Crippen LogP contribution in [0, 0.1) is 11.3 Å². The molecule has 0 bridgehead atoms. The van der Waals surface area contributed by atoms with Crippen molar-refractivity contribution in [2.24, 2.45) is 0 Å². The fraction of sp³-hybridized carbons (Fsp3) is 0.333. The Hall–Kier alpha value is -1.54. The van der Waals surface area contributed by atoms with E-state index in [4.69, 9.17) is 10.4 Å². The molecule has 1 aromatic rings. The van der Waals surface area contributed by atoms with Gasteiger partial charge in [0.1, 0.15) is 0 Å². The SMILES string of the molecule is N#Cc1cc(CBr)cc2c1CN(C(=O)O)CC2. The van der Waals surface area contributed by atoms with Crippen molar-refractivity contribution in [2.75, 3.05) is 6.54 Å². The average molecular weight is 295 g/mol. The van der Waals surface area contributed by atoms with Gasteiger partial charge >= 0.3 is 6.09 Å². The maximum absolute atomic E-state index is 10.9. The molecule has 0 saturated heterocycles. The summed E-state index contributed by atoms with van der Waals surface area (Å²) in [7, 11) is 0. The molecule has 4 nitrogen and oxygen atoms in total. The summed E-state index contributed by atoms with van der Waals surface area (Å²) in [6.45, 7) is 0.815. The summed E-state index contributed by atoms with van der Waals surface area (Å²) in [6.07, 6.45) is -0.249. The average Bonchev–Trinajstić information content (AvgIpc) is 2.36. The molecule has 0 aromatic heterocycles. The number of carbonyl (C=O) groups is 1. The molecule has 1 aromatic carbocycles. The molecule has 0 atom stereocenters. The van der Waals surface area contributed by atoms with Gasteiger partial charge < -0.3 is 10.0 Å². The fourth-order valence-electron chi connectivity index (χ4n) is 2.07. The van der Waals surface area contributed by atoms with Gasteiger partial charge in [0.25, 0.3) is 0 Å². The molecule has 1 amide bonds. The number of nitrogens with zero attached hydrogens (tertiary/aromatic N) is 2. The standard InChI is InChI=1S/C12H11BrN2O2/c13-5-8-3-9-1-2-15(12(16)17)7-11(9)10(4-8)6-14/h3-4H,1-2,5,7H2,(H,16,17). The number of alkyl halides is 1. The summed E-state index contributed by atoms with van der Waals surface area (Å²) >= 11 is 3.37. The predicted molar refractivity (Wildman–Crippen MR) is 65.9 cm³/mol. The molecule has 0 unspecified atom stereocenters. The lowest BCUT2D eigenvalue weighted by atomic mass is 9.93. The lowest BCUT2D eigenvalue weighted by Gasteiger charge is -2.27. The Morgan fingerprint density at radius 2 is 2.35 bits per heavy atom. The first-order valence-corrected chi connectivity index (χ1v) is 6.36. The van der Waals surface area contributed by atoms with Crippen molar-refractivity contribution in [3.63, 3.8) is 0 Å². The van der Waals surface area contributed by atoms with Gasteiger partial charge in [-0.1, -0.05) is 22.0 Å². The molecule has 17 heavy (non-hydrogen) atoms. The summed E-state index contributed by atoms with van der Waals surface area (Å²) < 4.78 is 0. The van der Waals surface area contributed by atoms with E-state index in [1.807, 2.05) is 12.1 Å². The molecule has 1 aliphatic rings. The Labute approximate surface area is 108 Å². The summed E-state index contributed by atoms with van der Waals surface area (Å²) in [6, 6.07) is 6.01. The predicted octanol–water partition coefficient (Wildman–Crippen LogP) is 2.49. The number of benzene rings is 1. The van der Waals surface area contributed by atoms with Crippen LogP contribution in [0.15, 0.2) is 12.1 Å². The third kappa shape index (κ3) is 2.27. The number of fused-ring (bicyclic) bond motifs is 1. The number of amides is 1. The summed E-state index contributed by atoms with van der Waals surface area (Å²) in [5.41, 5.74) is 3.59. The topological polar surface area (TPSA) is 64.3 Å². The number of carboxylic acid groups (broad SMARTS) is 1. The number of hydrogen-bond donors (Lipinski definition) is 1. The Morgan fingerprint density at radius 1 is 1.59 bits per heavy atom. The summed E-state index contributed by atoms with van der Waals surface area (Å²) in [4.78, 5) is 12.3. The van der Waals surface area contributed by atoms with E-state index in [1.165, 1.54) is 4.90 Å². The number of hydrogen-bond acceptors (Lipinski definition) is 2. The molecular weight excluding hydrogens is 284 g/mol. The number of rotatable bonds is 1. The minimum atomic E-state index is -0.927. The van der Waals surface area contributed by atoms with Gasteiger partial charge in [-0.2, -0.15) is 5.26 Å². The zero-order valence-corrected chi connectivity index (χ0v) is 10.7. The molecule has 0 saturated carbocycles. The van der Waals surface area contributed by atoms with Crippen molar-refractivity contribution in [2.45, 2.75) is 18.3 Å². The van der Waals surface area contributed by atoms with Crippen LogP contribution in [-0.2, 0) is 18.3 Å². The van der Waals surface area contributed by atoms with Crippen LogP contribution in [0.1, 0.15) is 22.3 Å². The van der Waals surface area contributed by atoms with Gasteiger partial charge in [-0.05, 0) is 29.2 Å². The minimum Gasteiger partial charge on any atom is -0.465 e. The minimum absolute atomic E-state index is 0.316. The normalized spacial score (nSPS) is 14.0. The fourth-order valence-corrected chi connectivity index (χ4v) is 2.40. The van der Waals surface area contributed by atoms with E-state index in [9.17, 15) is 4.79 Å². The van der Waals surface area contributed by atoms with Gasteiger partial charge in [-0.25, -0.2) is 4.79 Å². The van der Waals surface area contributed by atoms with Gasteiger partial charge in [0.2, 0.25) is 0 Å². The molecule has 0 spiro atoms. The molecule has 5 heteroatoms. The van der Waals surface area contributed by atoms with Crippen LogP contribution in [0.25, 0.3) is 0 Å². The van der Waals surface area contributed by atoms with Crippen molar-refractivity contribution in [1.82, 2.24) is 4.90 Å². The van der Waals surface area contributed by atoms with Gasteiger partial charge in [0.15, 0.2) is 0 Å². The number of nitriles is 1. The summed E-state index contributed by atoms with van der Waals surface area (Å²) in [5.74, 6) is 0. The van der Waals surface area contributed by atoms with Gasteiger partial charge in [0, 0.05) is 11.9 Å². The lowest BCUT2D eigenvalue weighted by Crippen LogP contribution is -2.35. The molecule has 2 rings (SSSR count). The lowest BCUT2D eigenvalue weighted by molar-refractivity contribution is 0.140. The zero-order valence-electron chi connectivity index (χ0n) is 9.11. The maximum atomic E-state index is 10.9. The van der Waals surface area contributed by atoms with Gasteiger partial charge in [-0.3, -0.25) is 0 Å². The van der Waals surface area contributed by atoms with Crippen LogP contribution < -0.4 is 0 Å². The Kier molecular flexibility index (Phi) is 3.34. The van der Waals surface area contributed by atoms with E-state index in [1.54, 1.807) is 0 Å². The highest BCUT2D eigenvalue weighted by atomic mass is 79.9. The van der Waals surface area contributed by atoms with E-state index in [-0.39, 0.29) is 0 Å². The first-order chi connectivity index (χ1) is 8.15. The molecule has 0 fully saturated rings. The molecule has 0 aliphatic carbocycles. The van der Waals surface area contributed by atoms with Crippen LogP contribution in [0.4, 0.5) is 4.79 Å². The van der Waals surface area contributed by atoms with Gasteiger partial charge in [0.05, 0.1) is 18.2 Å². The van der Waals surface area contributed by atoms with Crippen LogP contribution in [-0.4, -0.2) is 22.6 Å². The second kappa shape index (κ2) is 4.76. The smallest absolute Gasteiger partial charge is 0.407 e. The molecule has 88 valence electrons. The van der Waals surface area contributed by atoms with Crippen LogP contribution in [0.2, 0.25) is 0 Å². The second-order valence-electron chi connectivity index (χ2n) is 3.98. The van der Waals surface area contributed by atoms with Crippen molar-refractivity contribution < 1.29 is 9.90 Å². The molecule has 1 aliphatic heterocycles. The molecule has 0 radical (unpaired) electrons. The Morgan fingerprint density at radius 3 is 2.94 bits per heavy atom. The first kappa shape index (κ1) is 11.9. The van der Waals surface area contributed by atoms with Crippen LogP contribution in [0.5, 0.6) is 0 Å². The highest BCUT2D eigenvalue weighted by molar-refractivity contribution is 9.08. The monoisotopic (exact) mass is 294 g/mol. The van der Waals surface area contributed by atoms with Gasteiger partial charge in [-0.15, -0.1) is 0 Å². The van der Waals surface area contributed by atoms with E-state index in [2.05, 4.69) is 22.0 Å². The van der Waals surface area contributed by atoms with Crippen molar-refractivity contribution >= 4 is 22.0 Å². The molecule has 1 N–H and O–H groups in total. The Balaban J connectivity index is 2.44. The highest BCUT2D eigenvalue weighted by Crippen LogP contribution is 2.25. The second-order valence-corrected chi connectivity index (χ2v) is 4.54. The van der Waals surface area contributed by atoms with Crippen molar-refractivity contribution in [3.8, 4) is 6.07 Å². The third-order valence-corrected chi connectivity index (χ3v) is 3.59. The third-order valence-electron chi connectivity index (χ3n) is 2.95. The van der Waals surface area contributed by atoms with Crippen molar-refractivity contribution in [3.05, 3.63) is 34.4 Å². The van der Waals surface area contributed by atoms with Crippen LogP contribution in [0.3, 0.4) is 0 Å². The van der Waals surface area contributed by atoms with E-state index in [0.717, 1.165) is 16.7 Å². The number of halogens is 1. The quantitative estimate of drug-likeness (QED) is 0.810. The Bertz CT molecular complexity index is 508. The largest absolute Gasteiger partial charge is 0.465 e. The van der Waals surface area contributed by atoms with E-state index >= 15 is 0 Å². The maximum Gasteiger partial charge on any atom is 0.407 e. The summed E-state index contributed by atoms with van der Waals surface area (Å²) in [5, 5.41) is 18.8. The van der Waals surface area contributed by atoms with E-state index in [0.29, 0.717) is 30.4 Å². The molecular formula is C12H11BrN2O2. The molecule has 1 heterocycles. The van der Waals surface area contributed by atoms with Crippen molar-refractivity contribution in [1.29, 1.82) is 5.26 Å². The highest BCUT2D eigenvalue weighted by Gasteiger charge is 2.22. The van der Waals surface area contributed by atoms with Crippen LogP contribution >= 0.6 is 15.9 Å². The zero-order chi connectivity index (χ0) is 12.4. The van der Waals surface area contributed by atoms with E-state index < -0.39 is 6.09 Å².